The molecule has 1 nitrogen and oxygen atoms in total. The highest BCUT2D eigenvalue weighted by atomic mass is 32.2. The molecule has 2 heteroatoms. The number of carbonyl (C=O) groups excluding carboxylic acids is 1. The second-order valence-corrected chi connectivity index (χ2v) is 9.13. The first kappa shape index (κ1) is 21.3. The van der Waals surface area contributed by atoms with Gasteiger partial charge < -0.3 is 0 Å². The van der Waals surface area contributed by atoms with E-state index in [1.165, 1.54) is 68.4 Å². The van der Waals surface area contributed by atoms with E-state index in [1.807, 2.05) is 12.1 Å². The molecule has 0 spiro atoms. The number of rotatable bonds is 9. The molecule has 0 amide bonds. The molecule has 1 aliphatic heterocycles. The van der Waals surface area contributed by atoms with Crippen LogP contribution >= 0.6 is 0 Å². The van der Waals surface area contributed by atoms with Crippen molar-refractivity contribution in [2.45, 2.75) is 78.6 Å². The quantitative estimate of drug-likeness (QED) is 0.294. The van der Waals surface area contributed by atoms with Crippen molar-refractivity contribution < 1.29 is 4.79 Å². The Balaban J connectivity index is 0.000000413. The summed E-state index contributed by atoms with van der Waals surface area (Å²) in [6.07, 6.45) is 11.8. The van der Waals surface area contributed by atoms with Gasteiger partial charge in [0.05, 0.1) is 0 Å². The summed E-state index contributed by atoms with van der Waals surface area (Å²) < 4.78 is 0. The van der Waals surface area contributed by atoms with Gasteiger partial charge in [0.15, 0.2) is 5.75 Å². The number of aryl methyl sites for hydroxylation is 1. The minimum atomic E-state index is 0.349. The van der Waals surface area contributed by atoms with Crippen molar-refractivity contribution in [1.82, 2.24) is 0 Å². The van der Waals surface area contributed by atoms with Crippen LogP contribution in [0.4, 0.5) is 0 Å². The van der Waals surface area contributed by atoms with Gasteiger partial charge in [0.1, 0.15) is 11.5 Å². The summed E-state index contributed by atoms with van der Waals surface area (Å²) in [6, 6.07) is 8.29. The Kier molecular flexibility index (Phi) is 12.0. The van der Waals surface area contributed by atoms with Gasteiger partial charge in [-0.3, -0.25) is 4.79 Å². The summed E-state index contributed by atoms with van der Waals surface area (Å²) in [4.78, 5) is 12.1. The molecule has 1 aromatic carbocycles. The van der Waals surface area contributed by atoms with E-state index in [2.05, 4.69) is 32.9 Å². The van der Waals surface area contributed by atoms with E-state index in [0.717, 1.165) is 17.7 Å². The molecule has 1 fully saturated rings. The van der Waals surface area contributed by atoms with Gasteiger partial charge in [0.2, 0.25) is 5.78 Å². The molecule has 0 N–H and O–H groups in total. The lowest BCUT2D eigenvalue weighted by Gasteiger charge is -2.03. The zero-order chi connectivity index (χ0) is 17.6. The van der Waals surface area contributed by atoms with Crippen LogP contribution in [0.2, 0.25) is 0 Å². The summed E-state index contributed by atoms with van der Waals surface area (Å²) in [5, 5.41) is 0. The van der Waals surface area contributed by atoms with E-state index in [1.54, 1.807) is 0 Å². The Morgan fingerprint density at radius 2 is 1.42 bits per heavy atom. The molecular weight excluding hydrogens is 312 g/mol. The van der Waals surface area contributed by atoms with Crippen molar-refractivity contribution in [1.29, 1.82) is 0 Å². The van der Waals surface area contributed by atoms with Crippen molar-refractivity contribution in [3.05, 3.63) is 35.4 Å². The molecule has 0 aliphatic carbocycles. The highest BCUT2D eigenvalue weighted by molar-refractivity contribution is 7.97. The minimum absolute atomic E-state index is 0.349. The fourth-order valence-corrected chi connectivity index (χ4v) is 5.12. The van der Waals surface area contributed by atoms with E-state index in [0.29, 0.717) is 16.7 Å². The third kappa shape index (κ3) is 8.92. The number of unbranched alkanes of at least 4 members (excludes halogenated alkanes) is 4. The highest BCUT2D eigenvalue weighted by Gasteiger charge is 2.27. The smallest absolute Gasteiger partial charge is 0.211 e. The summed E-state index contributed by atoms with van der Waals surface area (Å²) >= 11 is 0. The lowest BCUT2D eigenvalue weighted by Crippen LogP contribution is -2.17. The highest BCUT2D eigenvalue weighted by Crippen LogP contribution is 2.16. The third-order valence-electron chi connectivity index (χ3n) is 4.50. The molecule has 24 heavy (non-hydrogen) atoms. The van der Waals surface area contributed by atoms with E-state index >= 15 is 0 Å². The van der Waals surface area contributed by atoms with Crippen LogP contribution < -0.4 is 0 Å². The minimum Gasteiger partial charge on any atom is -0.289 e. The Morgan fingerprint density at radius 3 is 1.92 bits per heavy atom. The number of Topliss-reactive ketones (excluding diaryl/α,β-unsaturated/α-hetero) is 1. The number of benzene rings is 1. The zero-order valence-corrected chi connectivity index (χ0v) is 16.9. The first-order valence-electron chi connectivity index (χ1n) is 9.97. The SMILES string of the molecule is CCCCCC.CCCCc1ccc(C(=O)C[S+]2CCCC2)cc1. The summed E-state index contributed by atoms with van der Waals surface area (Å²) in [7, 11) is 0.382. The van der Waals surface area contributed by atoms with Crippen molar-refractivity contribution in [3.8, 4) is 0 Å². The first-order chi connectivity index (χ1) is 11.7. The second kappa shape index (κ2) is 13.5. The molecule has 1 aromatic rings. The normalized spacial score (nSPS) is 14.3. The van der Waals surface area contributed by atoms with E-state index in [9.17, 15) is 4.79 Å². The molecule has 2 rings (SSSR count). The third-order valence-corrected chi connectivity index (χ3v) is 6.91. The predicted molar refractivity (Wildman–Crippen MR) is 110 cm³/mol. The Hall–Kier alpha value is -0.760. The maximum atomic E-state index is 12.1. The Bertz CT molecular complexity index is 428. The molecule has 0 saturated carbocycles. The molecule has 0 aromatic heterocycles. The number of carbonyl (C=O) groups is 1. The number of hydrogen-bond donors (Lipinski definition) is 0. The monoisotopic (exact) mass is 349 g/mol. The molecule has 1 aliphatic rings. The fraction of sp³-hybridized carbons (Fsp3) is 0.682. The molecule has 1 saturated heterocycles. The van der Waals surface area contributed by atoms with Crippen molar-refractivity contribution in [3.63, 3.8) is 0 Å². The Labute approximate surface area is 153 Å². The molecular formula is C22H37OS+. The zero-order valence-electron chi connectivity index (χ0n) is 16.1. The molecule has 0 radical (unpaired) electrons. The van der Waals surface area contributed by atoms with Crippen molar-refractivity contribution in [2.24, 2.45) is 0 Å². The maximum absolute atomic E-state index is 12.1. The van der Waals surface area contributed by atoms with Crippen LogP contribution in [0.15, 0.2) is 24.3 Å². The molecule has 136 valence electrons. The molecule has 0 bridgehead atoms. The van der Waals surface area contributed by atoms with E-state index in [4.69, 9.17) is 0 Å². The van der Waals surface area contributed by atoms with Gasteiger partial charge in [-0.15, -0.1) is 0 Å². The van der Waals surface area contributed by atoms with Gasteiger partial charge in [-0.2, -0.15) is 0 Å². The molecule has 0 unspecified atom stereocenters. The molecule has 1 heterocycles. The van der Waals surface area contributed by atoms with Gasteiger partial charge >= 0.3 is 0 Å². The van der Waals surface area contributed by atoms with Crippen LogP contribution in [0, 0.1) is 0 Å². The topological polar surface area (TPSA) is 17.1 Å². The fourth-order valence-electron chi connectivity index (χ4n) is 2.87. The predicted octanol–water partition coefficient (Wildman–Crippen LogP) is 6.21. The van der Waals surface area contributed by atoms with E-state index in [-0.39, 0.29) is 0 Å². The van der Waals surface area contributed by atoms with Crippen LogP contribution in [-0.2, 0) is 17.3 Å². The standard InChI is InChI=1S/C16H23OS.C6H14/c1-2-3-6-14-7-9-15(10-8-14)16(17)13-18-11-4-5-12-18;1-3-5-6-4-2/h7-10H,2-6,11-13H2,1H3;3-6H2,1-2H3/q+1;. The second-order valence-electron chi connectivity index (χ2n) is 6.80. The average molecular weight is 350 g/mol. The number of ketones is 1. The van der Waals surface area contributed by atoms with Crippen LogP contribution in [0.25, 0.3) is 0 Å². The summed E-state index contributed by atoms with van der Waals surface area (Å²) in [5.74, 6) is 3.69. The summed E-state index contributed by atoms with van der Waals surface area (Å²) in [6.45, 7) is 6.67. The Morgan fingerprint density at radius 1 is 0.875 bits per heavy atom. The lowest BCUT2D eigenvalue weighted by atomic mass is 10.1. The molecule has 0 atom stereocenters. The summed E-state index contributed by atoms with van der Waals surface area (Å²) in [5.41, 5.74) is 2.27. The van der Waals surface area contributed by atoms with Crippen LogP contribution in [0.1, 0.15) is 88.1 Å². The van der Waals surface area contributed by atoms with Gasteiger partial charge in [-0.05, 0) is 42.1 Å². The van der Waals surface area contributed by atoms with Crippen molar-refractivity contribution in [2.75, 3.05) is 17.3 Å². The van der Waals surface area contributed by atoms with Crippen LogP contribution in [-0.4, -0.2) is 23.0 Å². The van der Waals surface area contributed by atoms with Gasteiger partial charge in [-0.1, -0.05) is 77.1 Å². The number of hydrogen-bond acceptors (Lipinski definition) is 1. The van der Waals surface area contributed by atoms with Crippen LogP contribution in [0.3, 0.4) is 0 Å². The lowest BCUT2D eigenvalue weighted by molar-refractivity contribution is 0.102. The van der Waals surface area contributed by atoms with Crippen LogP contribution in [0.5, 0.6) is 0 Å². The van der Waals surface area contributed by atoms with Gasteiger partial charge in [0, 0.05) is 5.56 Å². The van der Waals surface area contributed by atoms with Gasteiger partial charge in [0.25, 0.3) is 0 Å². The van der Waals surface area contributed by atoms with E-state index < -0.39 is 0 Å². The van der Waals surface area contributed by atoms with Gasteiger partial charge in [-0.25, -0.2) is 0 Å². The maximum Gasteiger partial charge on any atom is 0.211 e. The van der Waals surface area contributed by atoms with Crippen molar-refractivity contribution >= 4 is 16.7 Å². The average Bonchev–Trinajstić information content (AvgIpc) is 3.12. The largest absolute Gasteiger partial charge is 0.289 e. The first-order valence-corrected chi connectivity index (χ1v) is 11.7.